The standard InChI is InChI=1S/C26H36N2O2/c1-18(2)24-13-8-19(3)15-25(24)30-17-26(29)27-21(5)22-9-11-23(12-10-22)28-14-6-7-20(4)16-28/h8-13,15,18,20-21H,6-7,14,16-17H2,1-5H3,(H,27,29)/t20-,21-/m0/s1. The molecule has 30 heavy (non-hydrogen) atoms. The number of anilines is 1. The first kappa shape index (κ1) is 22.2. The molecule has 0 radical (unpaired) electrons. The van der Waals surface area contributed by atoms with E-state index < -0.39 is 0 Å². The van der Waals surface area contributed by atoms with Gasteiger partial charge >= 0.3 is 0 Å². The Morgan fingerprint density at radius 1 is 1.17 bits per heavy atom. The third-order valence-corrected chi connectivity index (χ3v) is 5.94. The van der Waals surface area contributed by atoms with Crippen LogP contribution in [-0.4, -0.2) is 25.6 Å². The molecule has 2 aromatic carbocycles. The van der Waals surface area contributed by atoms with Gasteiger partial charge in [0.1, 0.15) is 5.75 Å². The number of aryl methyl sites for hydroxylation is 1. The minimum Gasteiger partial charge on any atom is -0.483 e. The quantitative estimate of drug-likeness (QED) is 0.647. The van der Waals surface area contributed by atoms with E-state index in [4.69, 9.17) is 4.74 Å². The monoisotopic (exact) mass is 408 g/mol. The first-order valence-corrected chi connectivity index (χ1v) is 11.2. The summed E-state index contributed by atoms with van der Waals surface area (Å²) in [5.41, 5.74) is 4.64. The van der Waals surface area contributed by atoms with E-state index in [1.807, 2.05) is 19.9 Å². The average molecular weight is 409 g/mol. The minimum absolute atomic E-state index is 0.0251. The highest BCUT2D eigenvalue weighted by Crippen LogP contribution is 2.28. The van der Waals surface area contributed by atoms with E-state index in [0.717, 1.165) is 41.4 Å². The average Bonchev–Trinajstić information content (AvgIpc) is 2.72. The van der Waals surface area contributed by atoms with Gasteiger partial charge < -0.3 is 15.0 Å². The van der Waals surface area contributed by atoms with Crippen molar-refractivity contribution in [2.75, 3.05) is 24.6 Å². The van der Waals surface area contributed by atoms with Gasteiger partial charge in [0.05, 0.1) is 6.04 Å². The SMILES string of the molecule is Cc1ccc(C(C)C)c(OCC(=O)N[C@@H](C)c2ccc(N3CCC[C@H](C)C3)cc2)c1. The normalized spacial score (nSPS) is 17.7. The van der Waals surface area contributed by atoms with Crippen LogP contribution in [0.15, 0.2) is 42.5 Å². The number of piperidine rings is 1. The lowest BCUT2D eigenvalue weighted by Gasteiger charge is -2.33. The van der Waals surface area contributed by atoms with E-state index >= 15 is 0 Å². The molecule has 1 N–H and O–H groups in total. The van der Waals surface area contributed by atoms with Gasteiger partial charge in [0.25, 0.3) is 5.91 Å². The summed E-state index contributed by atoms with van der Waals surface area (Å²) < 4.78 is 5.87. The van der Waals surface area contributed by atoms with Crippen molar-refractivity contribution >= 4 is 11.6 Å². The van der Waals surface area contributed by atoms with Gasteiger partial charge in [-0.15, -0.1) is 0 Å². The number of hydrogen-bond acceptors (Lipinski definition) is 3. The summed E-state index contributed by atoms with van der Waals surface area (Å²) in [6, 6.07) is 14.7. The molecule has 3 rings (SSSR count). The van der Waals surface area contributed by atoms with Crippen LogP contribution >= 0.6 is 0 Å². The Morgan fingerprint density at radius 3 is 2.57 bits per heavy atom. The number of ether oxygens (including phenoxy) is 1. The molecule has 0 aromatic heterocycles. The van der Waals surface area contributed by atoms with Gasteiger partial charge in [-0.1, -0.05) is 45.0 Å². The van der Waals surface area contributed by atoms with Gasteiger partial charge in [0.2, 0.25) is 0 Å². The molecule has 4 heteroatoms. The molecule has 1 aliphatic heterocycles. The summed E-state index contributed by atoms with van der Waals surface area (Å²) >= 11 is 0. The molecule has 1 aliphatic rings. The molecule has 162 valence electrons. The Kier molecular flexibility index (Phi) is 7.41. The molecule has 4 nitrogen and oxygen atoms in total. The Bertz CT molecular complexity index is 845. The van der Waals surface area contributed by atoms with Gasteiger partial charge in [-0.2, -0.15) is 0 Å². The highest BCUT2D eigenvalue weighted by Gasteiger charge is 2.17. The molecule has 2 aromatic rings. The molecule has 1 amide bonds. The van der Waals surface area contributed by atoms with Crippen molar-refractivity contribution in [2.24, 2.45) is 5.92 Å². The molecule has 0 aliphatic carbocycles. The lowest BCUT2D eigenvalue weighted by molar-refractivity contribution is -0.123. The van der Waals surface area contributed by atoms with Crippen LogP contribution in [-0.2, 0) is 4.79 Å². The Labute approximate surface area is 181 Å². The third kappa shape index (κ3) is 5.78. The summed E-state index contributed by atoms with van der Waals surface area (Å²) in [4.78, 5) is 14.9. The van der Waals surface area contributed by atoms with E-state index in [1.54, 1.807) is 0 Å². The van der Waals surface area contributed by atoms with Crippen LogP contribution in [0, 0.1) is 12.8 Å². The number of carbonyl (C=O) groups excluding carboxylic acids is 1. The van der Waals surface area contributed by atoms with Crippen LogP contribution in [0.4, 0.5) is 5.69 Å². The Morgan fingerprint density at radius 2 is 1.90 bits per heavy atom. The molecule has 0 spiro atoms. The van der Waals surface area contributed by atoms with Crippen LogP contribution in [0.5, 0.6) is 5.75 Å². The first-order valence-electron chi connectivity index (χ1n) is 11.2. The molecule has 1 heterocycles. The maximum Gasteiger partial charge on any atom is 0.258 e. The van der Waals surface area contributed by atoms with E-state index in [-0.39, 0.29) is 18.6 Å². The van der Waals surface area contributed by atoms with Crippen LogP contribution in [0.25, 0.3) is 0 Å². The third-order valence-electron chi connectivity index (χ3n) is 5.94. The zero-order valence-electron chi connectivity index (χ0n) is 19.1. The van der Waals surface area contributed by atoms with Gasteiger partial charge in [-0.25, -0.2) is 0 Å². The number of nitrogens with zero attached hydrogens (tertiary/aromatic N) is 1. The van der Waals surface area contributed by atoms with Gasteiger partial charge in [0, 0.05) is 18.8 Å². The van der Waals surface area contributed by atoms with Crippen molar-refractivity contribution < 1.29 is 9.53 Å². The van der Waals surface area contributed by atoms with Crippen molar-refractivity contribution in [2.45, 2.75) is 59.4 Å². The van der Waals surface area contributed by atoms with Crippen LogP contribution < -0.4 is 15.0 Å². The number of nitrogens with one attached hydrogen (secondary N) is 1. The predicted octanol–water partition coefficient (Wildman–Crippen LogP) is 5.61. The fourth-order valence-electron chi connectivity index (χ4n) is 4.15. The van der Waals surface area contributed by atoms with E-state index in [9.17, 15) is 4.79 Å². The van der Waals surface area contributed by atoms with Crippen molar-refractivity contribution in [3.8, 4) is 5.75 Å². The topological polar surface area (TPSA) is 41.6 Å². The molecule has 1 saturated heterocycles. The number of carbonyl (C=O) groups is 1. The summed E-state index contributed by atoms with van der Waals surface area (Å²) in [6.07, 6.45) is 2.58. The zero-order chi connectivity index (χ0) is 21.7. The summed E-state index contributed by atoms with van der Waals surface area (Å²) in [7, 11) is 0. The minimum atomic E-state index is -0.104. The van der Waals surface area contributed by atoms with Crippen molar-refractivity contribution in [3.63, 3.8) is 0 Å². The zero-order valence-corrected chi connectivity index (χ0v) is 19.1. The maximum atomic E-state index is 12.5. The van der Waals surface area contributed by atoms with Crippen molar-refractivity contribution in [3.05, 3.63) is 59.2 Å². The molecule has 0 unspecified atom stereocenters. The van der Waals surface area contributed by atoms with Gasteiger partial charge in [0.15, 0.2) is 6.61 Å². The van der Waals surface area contributed by atoms with Crippen LogP contribution in [0.2, 0.25) is 0 Å². The summed E-state index contributed by atoms with van der Waals surface area (Å²) in [5, 5.41) is 3.06. The van der Waals surface area contributed by atoms with Gasteiger partial charge in [-0.05, 0) is 73.4 Å². The number of rotatable bonds is 7. The molecular formula is C26H36N2O2. The summed E-state index contributed by atoms with van der Waals surface area (Å²) in [6.45, 7) is 12.9. The largest absolute Gasteiger partial charge is 0.483 e. The second-order valence-electron chi connectivity index (χ2n) is 9.06. The van der Waals surface area contributed by atoms with Crippen molar-refractivity contribution in [1.29, 1.82) is 0 Å². The first-order chi connectivity index (χ1) is 14.3. The molecule has 0 bridgehead atoms. The van der Waals surface area contributed by atoms with Crippen molar-refractivity contribution in [1.82, 2.24) is 5.32 Å². The number of benzene rings is 2. The maximum absolute atomic E-state index is 12.5. The fraction of sp³-hybridized carbons (Fsp3) is 0.500. The lowest BCUT2D eigenvalue weighted by atomic mass is 9.99. The summed E-state index contributed by atoms with van der Waals surface area (Å²) in [5.74, 6) is 1.80. The second kappa shape index (κ2) is 10.0. The molecule has 1 fully saturated rings. The smallest absolute Gasteiger partial charge is 0.258 e. The second-order valence-corrected chi connectivity index (χ2v) is 9.06. The van der Waals surface area contributed by atoms with E-state index in [1.165, 1.54) is 18.5 Å². The van der Waals surface area contributed by atoms with Crippen LogP contribution in [0.1, 0.15) is 69.2 Å². The van der Waals surface area contributed by atoms with E-state index in [2.05, 4.69) is 67.4 Å². The highest BCUT2D eigenvalue weighted by atomic mass is 16.5. The lowest BCUT2D eigenvalue weighted by Crippen LogP contribution is -2.34. The van der Waals surface area contributed by atoms with Crippen LogP contribution in [0.3, 0.4) is 0 Å². The Hall–Kier alpha value is -2.49. The fourth-order valence-corrected chi connectivity index (χ4v) is 4.15. The number of hydrogen-bond donors (Lipinski definition) is 1. The molecule has 0 saturated carbocycles. The Balaban J connectivity index is 1.55. The highest BCUT2D eigenvalue weighted by molar-refractivity contribution is 5.78. The van der Waals surface area contributed by atoms with E-state index in [0.29, 0.717) is 5.92 Å². The number of amides is 1. The predicted molar refractivity (Wildman–Crippen MR) is 124 cm³/mol. The van der Waals surface area contributed by atoms with Gasteiger partial charge in [-0.3, -0.25) is 4.79 Å². The molecular weight excluding hydrogens is 372 g/mol. The molecule has 2 atom stereocenters.